The van der Waals surface area contributed by atoms with Gasteiger partial charge in [-0.3, -0.25) is 4.79 Å². The van der Waals surface area contributed by atoms with Gasteiger partial charge in [0.15, 0.2) is 11.6 Å². The lowest BCUT2D eigenvalue weighted by Crippen LogP contribution is -2.40. The van der Waals surface area contributed by atoms with Crippen LogP contribution in [-0.2, 0) is 9.47 Å². The first-order valence-electron chi connectivity index (χ1n) is 5.80. The predicted molar refractivity (Wildman–Crippen MR) is 63.6 cm³/mol. The molecule has 0 radical (unpaired) electrons. The second-order valence-corrected chi connectivity index (χ2v) is 4.50. The van der Waals surface area contributed by atoms with Gasteiger partial charge >= 0.3 is 0 Å². The molecule has 1 aromatic carbocycles. The summed E-state index contributed by atoms with van der Waals surface area (Å²) in [6, 6.07) is 7.61. The molecule has 1 fully saturated rings. The van der Waals surface area contributed by atoms with Gasteiger partial charge in [-0.15, -0.1) is 0 Å². The minimum atomic E-state index is -0.804. The van der Waals surface area contributed by atoms with E-state index in [0.717, 1.165) is 11.1 Å². The van der Waals surface area contributed by atoms with Crippen molar-refractivity contribution in [1.29, 1.82) is 0 Å². The molecular formula is C14H14O3. The maximum Gasteiger partial charge on any atom is 0.179 e. The number of hydrogen-bond acceptors (Lipinski definition) is 3. The first-order chi connectivity index (χ1) is 8.21. The fourth-order valence-corrected chi connectivity index (χ4v) is 2.44. The molecule has 3 nitrogen and oxygen atoms in total. The van der Waals surface area contributed by atoms with Gasteiger partial charge in [-0.2, -0.15) is 0 Å². The van der Waals surface area contributed by atoms with Crippen LogP contribution in [0.1, 0.15) is 22.8 Å². The summed E-state index contributed by atoms with van der Waals surface area (Å²) in [7, 11) is 0. The van der Waals surface area contributed by atoms with Gasteiger partial charge in [-0.05, 0) is 12.5 Å². The summed E-state index contributed by atoms with van der Waals surface area (Å²) < 4.78 is 11.1. The molecule has 1 heterocycles. The SMILES string of the molecule is CC1(C2C=Cc3ccccc3C2=O)OCCO1. The van der Waals surface area contributed by atoms with Crippen molar-refractivity contribution < 1.29 is 14.3 Å². The summed E-state index contributed by atoms with van der Waals surface area (Å²) in [5.41, 5.74) is 1.72. The average Bonchev–Trinajstić information content (AvgIpc) is 2.78. The van der Waals surface area contributed by atoms with Gasteiger partial charge < -0.3 is 9.47 Å². The highest BCUT2D eigenvalue weighted by molar-refractivity contribution is 6.05. The van der Waals surface area contributed by atoms with E-state index in [1.54, 1.807) is 0 Å². The van der Waals surface area contributed by atoms with Crippen molar-refractivity contribution in [3.63, 3.8) is 0 Å². The van der Waals surface area contributed by atoms with Crippen molar-refractivity contribution in [2.75, 3.05) is 13.2 Å². The molecule has 2 aliphatic rings. The van der Waals surface area contributed by atoms with Crippen molar-refractivity contribution in [3.05, 3.63) is 41.5 Å². The number of Topliss-reactive ketones (excluding diaryl/α,β-unsaturated/α-hetero) is 1. The zero-order valence-corrected chi connectivity index (χ0v) is 9.68. The molecule has 0 bridgehead atoms. The Kier molecular flexibility index (Phi) is 2.38. The van der Waals surface area contributed by atoms with Crippen molar-refractivity contribution in [3.8, 4) is 0 Å². The molecule has 1 aliphatic heterocycles. The van der Waals surface area contributed by atoms with E-state index in [4.69, 9.17) is 9.47 Å². The van der Waals surface area contributed by atoms with Crippen molar-refractivity contribution >= 4 is 11.9 Å². The molecule has 0 saturated carbocycles. The number of fused-ring (bicyclic) bond motifs is 1. The van der Waals surface area contributed by atoms with Crippen LogP contribution in [0, 0.1) is 5.92 Å². The smallest absolute Gasteiger partial charge is 0.179 e. The number of ether oxygens (including phenoxy) is 2. The monoisotopic (exact) mass is 230 g/mol. The Morgan fingerprint density at radius 3 is 2.71 bits per heavy atom. The minimum Gasteiger partial charge on any atom is -0.347 e. The molecule has 17 heavy (non-hydrogen) atoms. The number of rotatable bonds is 1. The number of hydrogen-bond donors (Lipinski definition) is 0. The molecule has 0 amide bonds. The Balaban J connectivity index is 1.99. The molecule has 0 N–H and O–H groups in total. The van der Waals surface area contributed by atoms with Gasteiger partial charge in [0.25, 0.3) is 0 Å². The van der Waals surface area contributed by atoms with Gasteiger partial charge in [-0.1, -0.05) is 36.4 Å². The summed E-state index contributed by atoms with van der Waals surface area (Å²) >= 11 is 0. The van der Waals surface area contributed by atoms with Gasteiger partial charge in [0.1, 0.15) is 0 Å². The molecule has 1 saturated heterocycles. The highest BCUT2D eigenvalue weighted by Gasteiger charge is 2.44. The Bertz CT molecular complexity index is 484. The summed E-state index contributed by atoms with van der Waals surface area (Å²) in [6.45, 7) is 2.94. The van der Waals surface area contributed by atoms with Crippen LogP contribution in [0.25, 0.3) is 6.08 Å². The molecule has 1 atom stereocenters. The Morgan fingerprint density at radius 2 is 1.94 bits per heavy atom. The normalized spacial score (nSPS) is 25.9. The third kappa shape index (κ3) is 1.63. The molecule has 1 aliphatic carbocycles. The molecule has 88 valence electrons. The van der Waals surface area contributed by atoms with Crippen LogP contribution in [0.4, 0.5) is 0 Å². The third-order valence-electron chi connectivity index (χ3n) is 3.40. The summed E-state index contributed by atoms with van der Waals surface area (Å²) in [4.78, 5) is 12.4. The topological polar surface area (TPSA) is 35.5 Å². The lowest BCUT2D eigenvalue weighted by molar-refractivity contribution is -0.158. The fraction of sp³-hybridized carbons (Fsp3) is 0.357. The average molecular weight is 230 g/mol. The van der Waals surface area contributed by atoms with Crippen LogP contribution in [0.2, 0.25) is 0 Å². The first kappa shape index (κ1) is 10.7. The second kappa shape index (κ2) is 3.79. The van der Waals surface area contributed by atoms with E-state index in [2.05, 4.69) is 0 Å². The van der Waals surface area contributed by atoms with E-state index in [0.29, 0.717) is 13.2 Å². The maximum atomic E-state index is 12.4. The molecule has 0 aromatic heterocycles. The van der Waals surface area contributed by atoms with Crippen LogP contribution in [0.3, 0.4) is 0 Å². The van der Waals surface area contributed by atoms with Crippen LogP contribution in [-0.4, -0.2) is 24.8 Å². The quantitative estimate of drug-likeness (QED) is 0.742. The molecule has 0 spiro atoms. The van der Waals surface area contributed by atoms with Gasteiger partial charge in [0, 0.05) is 5.56 Å². The predicted octanol–water partition coefficient (Wildman–Crippen LogP) is 2.28. The standard InChI is InChI=1S/C14H14O3/c1-14(16-8-9-17-14)12-7-6-10-4-2-3-5-11(10)13(12)15/h2-7,12H,8-9H2,1H3. The lowest BCUT2D eigenvalue weighted by atomic mass is 9.84. The van der Waals surface area contributed by atoms with Crippen LogP contribution < -0.4 is 0 Å². The molecular weight excluding hydrogens is 216 g/mol. The van der Waals surface area contributed by atoms with Crippen molar-refractivity contribution in [2.45, 2.75) is 12.7 Å². The third-order valence-corrected chi connectivity index (χ3v) is 3.40. The number of ketones is 1. The summed E-state index contributed by atoms with van der Waals surface area (Å²) in [5, 5.41) is 0. The van der Waals surface area contributed by atoms with Gasteiger partial charge in [0.05, 0.1) is 19.1 Å². The van der Waals surface area contributed by atoms with Gasteiger partial charge in [0.2, 0.25) is 0 Å². The number of benzene rings is 1. The van der Waals surface area contributed by atoms with E-state index in [-0.39, 0.29) is 11.7 Å². The molecule has 1 unspecified atom stereocenters. The first-order valence-corrected chi connectivity index (χ1v) is 5.80. The zero-order valence-electron chi connectivity index (χ0n) is 9.68. The number of carbonyl (C=O) groups is 1. The Morgan fingerprint density at radius 1 is 1.24 bits per heavy atom. The van der Waals surface area contributed by atoms with Gasteiger partial charge in [-0.25, -0.2) is 0 Å². The summed E-state index contributed by atoms with van der Waals surface area (Å²) in [6.07, 6.45) is 3.85. The van der Waals surface area contributed by atoms with Crippen molar-refractivity contribution in [1.82, 2.24) is 0 Å². The van der Waals surface area contributed by atoms with E-state index in [9.17, 15) is 4.79 Å². The second-order valence-electron chi connectivity index (χ2n) is 4.50. The van der Waals surface area contributed by atoms with E-state index < -0.39 is 5.79 Å². The largest absolute Gasteiger partial charge is 0.347 e. The lowest BCUT2D eigenvalue weighted by Gasteiger charge is -2.31. The highest BCUT2D eigenvalue weighted by atomic mass is 16.7. The highest BCUT2D eigenvalue weighted by Crippen LogP contribution is 2.35. The van der Waals surface area contributed by atoms with Crippen LogP contribution in [0.15, 0.2) is 30.3 Å². The zero-order chi connectivity index (χ0) is 11.9. The minimum absolute atomic E-state index is 0.0764. The van der Waals surface area contributed by atoms with Crippen LogP contribution >= 0.6 is 0 Å². The molecule has 3 rings (SSSR count). The van der Waals surface area contributed by atoms with E-state index in [1.807, 2.05) is 43.3 Å². The van der Waals surface area contributed by atoms with E-state index in [1.165, 1.54) is 0 Å². The van der Waals surface area contributed by atoms with E-state index >= 15 is 0 Å². The fourth-order valence-electron chi connectivity index (χ4n) is 2.44. The number of carbonyl (C=O) groups excluding carboxylic acids is 1. The maximum absolute atomic E-state index is 12.4. The Hall–Kier alpha value is -1.45. The van der Waals surface area contributed by atoms with Crippen LogP contribution in [0.5, 0.6) is 0 Å². The Labute approximate surface area is 100 Å². The summed E-state index contributed by atoms with van der Waals surface area (Å²) in [5.74, 6) is -1.08. The molecule has 1 aromatic rings. The van der Waals surface area contributed by atoms with Crippen molar-refractivity contribution in [2.24, 2.45) is 5.92 Å². The molecule has 3 heteroatoms.